The molecule has 2 nitrogen and oxygen atoms in total. The normalized spacial score (nSPS) is 13.0. The number of carbonyl (C=O) groups excluding carboxylic acids is 1. The summed E-state index contributed by atoms with van der Waals surface area (Å²) >= 11 is 0. The SMILES string of the molecule is C=C(C)C[C@H](NCC)C(=O)C(C)C. The number of nitrogens with one attached hydrogen (secondary N) is 1. The lowest BCUT2D eigenvalue weighted by atomic mass is 9.97. The van der Waals surface area contributed by atoms with E-state index in [9.17, 15) is 4.79 Å². The summed E-state index contributed by atoms with van der Waals surface area (Å²) in [6, 6.07) is -0.0394. The van der Waals surface area contributed by atoms with E-state index in [1.165, 1.54) is 0 Å². The molecule has 2 heteroatoms. The van der Waals surface area contributed by atoms with Crippen molar-refractivity contribution in [3.8, 4) is 0 Å². The van der Waals surface area contributed by atoms with Crippen molar-refractivity contribution in [3.63, 3.8) is 0 Å². The topological polar surface area (TPSA) is 29.1 Å². The van der Waals surface area contributed by atoms with Crippen LogP contribution in [0, 0.1) is 5.92 Å². The van der Waals surface area contributed by atoms with Crippen LogP contribution in [0.15, 0.2) is 12.2 Å². The van der Waals surface area contributed by atoms with Gasteiger partial charge in [0.2, 0.25) is 0 Å². The van der Waals surface area contributed by atoms with E-state index < -0.39 is 0 Å². The van der Waals surface area contributed by atoms with Crippen molar-refractivity contribution >= 4 is 5.78 Å². The van der Waals surface area contributed by atoms with Gasteiger partial charge in [-0.15, -0.1) is 6.58 Å². The molecule has 0 saturated heterocycles. The maximum atomic E-state index is 11.7. The second-order valence-electron chi connectivity index (χ2n) is 3.83. The number of Topliss-reactive ketones (excluding diaryl/α,β-unsaturated/α-hetero) is 1. The van der Waals surface area contributed by atoms with Gasteiger partial charge in [-0.3, -0.25) is 4.79 Å². The largest absolute Gasteiger partial charge is 0.307 e. The fraction of sp³-hybridized carbons (Fsp3) is 0.727. The van der Waals surface area contributed by atoms with Crippen LogP contribution in [0.4, 0.5) is 0 Å². The molecule has 0 aromatic carbocycles. The summed E-state index contributed by atoms with van der Waals surface area (Å²) in [5.41, 5.74) is 1.06. The quantitative estimate of drug-likeness (QED) is 0.639. The highest BCUT2D eigenvalue weighted by molar-refractivity contribution is 5.85. The number of likely N-dealkylation sites (N-methyl/N-ethyl adjacent to an activating group) is 1. The minimum atomic E-state index is -0.0394. The van der Waals surface area contributed by atoms with E-state index in [-0.39, 0.29) is 17.7 Å². The second kappa shape index (κ2) is 5.92. The van der Waals surface area contributed by atoms with Crippen LogP contribution >= 0.6 is 0 Å². The summed E-state index contributed by atoms with van der Waals surface area (Å²) < 4.78 is 0. The molecule has 0 aliphatic heterocycles. The van der Waals surface area contributed by atoms with Crippen LogP contribution < -0.4 is 5.32 Å². The van der Waals surface area contributed by atoms with Gasteiger partial charge in [-0.1, -0.05) is 26.3 Å². The highest BCUT2D eigenvalue weighted by atomic mass is 16.1. The standard InChI is InChI=1S/C11H21NO/c1-6-12-10(7-8(2)3)11(13)9(4)5/h9-10,12H,2,6-7H2,1,3-5H3/t10-/m0/s1. The van der Waals surface area contributed by atoms with Crippen LogP contribution in [-0.2, 0) is 4.79 Å². The zero-order valence-electron chi connectivity index (χ0n) is 9.18. The predicted molar refractivity (Wildman–Crippen MR) is 56.7 cm³/mol. The Labute approximate surface area is 81.4 Å². The first-order chi connectivity index (χ1) is 5.99. The van der Waals surface area contributed by atoms with E-state index in [0.29, 0.717) is 0 Å². The summed E-state index contributed by atoms with van der Waals surface area (Å²) in [5, 5.41) is 3.18. The van der Waals surface area contributed by atoms with Gasteiger partial charge in [0.25, 0.3) is 0 Å². The molecule has 1 atom stereocenters. The minimum absolute atomic E-state index is 0.0394. The molecule has 1 N–H and O–H groups in total. The Hall–Kier alpha value is -0.630. The summed E-state index contributed by atoms with van der Waals surface area (Å²) in [6.07, 6.45) is 0.755. The minimum Gasteiger partial charge on any atom is -0.307 e. The lowest BCUT2D eigenvalue weighted by molar-refractivity contribution is -0.123. The fourth-order valence-corrected chi connectivity index (χ4v) is 1.27. The van der Waals surface area contributed by atoms with Crippen LogP contribution in [0.3, 0.4) is 0 Å². The third-order valence-corrected chi connectivity index (χ3v) is 1.92. The zero-order valence-corrected chi connectivity index (χ0v) is 9.18. The molecule has 0 fully saturated rings. The zero-order chi connectivity index (χ0) is 10.4. The van der Waals surface area contributed by atoms with E-state index in [1.54, 1.807) is 0 Å². The Morgan fingerprint density at radius 3 is 2.31 bits per heavy atom. The molecular weight excluding hydrogens is 162 g/mol. The number of ketones is 1. The van der Waals surface area contributed by atoms with Crippen molar-refractivity contribution in [1.29, 1.82) is 0 Å². The Morgan fingerprint density at radius 1 is 1.46 bits per heavy atom. The van der Waals surface area contributed by atoms with Crippen LogP contribution in [0.25, 0.3) is 0 Å². The summed E-state index contributed by atoms with van der Waals surface area (Å²) in [4.78, 5) is 11.7. The van der Waals surface area contributed by atoms with Crippen molar-refractivity contribution in [2.45, 2.75) is 40.2 Å². The van der Waals surface area contributed by atoms with Gasteiger partial charge in [0.15, 0.2) is 5.78 Å². The van der Waals surface area contributed by atoms with Gasteiger partial charge >= 0.3 is 0 Å². The van der Waals surface area contributed by atoms with Crippen molar-refractivity contribution in [1.82, 2.24) is 5.32 Å². The average molecular weight is 183 g/mol. The maximum Gasteiger partial charge on any atom is 0.152 e. The molecule has 0 saturated carbocycles. The molecular formula is C11H21NO. The Kier molecular flexibility index (Phi) is 5.63. The first-order valence-electron chi connectivity index (χ1n) is 4.90. The fourth-order valence-electron chi connectivity index (χ4n) is 1.27. The van der Waals surface area contributed by atoms with Crippen molar-refractivity contribution in [2.75, 3.05) is 6.54 Å². The summed E-state index contributed by atoms with van der Waals surface area (Å²) in [7, 11) is 0. The molecule has 0 bridgehead atoms. The average Bonchev–Trinajstić information content (AvgIpc) is 2.01. The molecule has 0 aliphatic rings. The molecule has 0 aliphatic carbocycles. The van der Waals surface area contributed by atoms with Crippen LogP contribution in [-0.4, -0.2) is 18.4 Å². The van der Waals surface area contributed by atoms with Gasteiger partial charge in [0, 0.05) is 5.92 Å². The molecule has 13 heavy (non-hydrogen) atoms. The van der Waals surface area contributed by atoms with Crippen molar-refractivity contribution in [3.05, 3.63) is 12.2 Å². The first kappa shape index (κ1) is 12.4. The van der Waals surface area contributed by atoms with E-state index in [4.69, 9.17) is 0 Å². The number of rotatable bonds is 6. The second-order valence-corrected chi connectivity index (χ2v) is 3.83. The molecule has 76 valence electrons. The molecule has 0 amide bonds. The summed E-state index contributed by atoms with van der Waals surface area (Å²) in [5.74, 6) is 0.383. The number of hydrogen-bond donors (Lipinski definition) is 1. The van der Waals surface area contributed by atoms with Gasteiger partial charge in [-0.25, -0.2) is 0 Å². The van der Waals surface area contributed by atoms with E-state index in [0.717, 1.165) is 18.5 Å². The maximum absolute atomic E-state index is 11.7. The molecule has 0 spiro atoms. The lowest BCUT2D eigenvalue weighted by Crippen LogP contribution is -2.39. The highest BCUT2D eigenvalue weighted by Crippen LogP contribution is 2.08. The summed E-state index contributed by atoms with van der Waals surface area (Å²) in [6.45, 7) is 12.5. The predicted octanol–water partition coefficient (Wildman–Crippen LogP) is 2.16. The van der Waals surface area contributed by atoms with Gasteiger partial charge in [-0.05, 0) is 19.9 Å². The highest BCUT2D eigenvalue weighted by Gasteiger charge is 2.19. The molecule has 0 rings (SSSR count). The first-order valence-corrected chi connectivity index (χ1v) is 4.90. The van der Waals surface area contributed by atoms with Gasteiger partial charge in [0.05, 0.1) is 6.04 Å². The van der Waals surface area contributed by atoms with Crippen LogP contribution in [0.1, 0.15) is 34.1 Å². The molecule has 0 radical (unpaired) electrons. The third kappa shape index (κ3) is 4.83. The number of hydrogen-bond acceptors (Lipinski definition) is 2. The third-order valence-electron chi connectivity index (χ3n) is 1.92. The number of carbonyl (C=O) groups is 1. The van der Waals surface area contributed by atoms with E-state index in [1.807, 2.05) is 27.7 Å². The van der Waals surface area contributed by atoms with Gasteiger partial charge in [-0.2, -0.15) is 0 Å². The Morgan fingerprint density at radius 2 is 2.00 bits per heavy atom. The van der Waals surface area contributed by atoms with Crippen molar-refractivity contribution < 1.29 is 4.79 Å². The Bertz CT molecular complexity index is 185. The smallest absolute Gasteiger partial charge is 0.152 e. The van der Waals surface area contributed by atoms with Gasteiger partial charge < -0.3 is 5.32 Å². The Balaban J connectivity index is 4.23. The van der Waals surface area contributed by atoms with Crippen molar-refractivity contribution in [2.24, 2.45) is 5.92 Å². The monoisotopic (exact) mass is 183 g/mol. The van der Waals surface area contributed by atoms with E-state index in [2.05, 4.69) is 11.9 Å². The van der Waals surface area contributed by atoms with Crippen LogP contribution in [0.5, 0.6) is 0 Å². The van der Waals surface area contributed by atoms with Crippen LogP contribution in [0.2, 0.25) is 0 Å². The van der Waals surface area contributed by atoms with E-state index >= 15 is 0 Å². The molecule has 0 aromatic heterocycles. The molecule has 0 unspecified atom stereocenters. The molecule has 0 heterocycles. The molecule has 0 aromatic rings. The lowest BCUT2D eigenvalue weighted by Gasteiger charge is -2.18. The van der Waals surface area contributed by atoms with Gasteiger partial charge in [0.1, 0.15) is 0 Å².